The van der Waals surface area contributed by atoms with Gasteiger partial charge in [-0.1, -0.05) is 18.2 Å². The molecule has 4 N–H and O–H groups in total. The standard InChI is InChI=1S/C23H28O13S.Na/c1-20-9-22(36-37(29)30)13-7-23(20,33-18-16(27)15(26)14(25)12(8-24)32-18)21(13,19(34-20)35-22)10-31-17(28)11-5-3-2-4-6-11;/h2-6,12-16,18-19,24-27H,7-10H2,1H3,(H,29,30);/q;+1/p-1/t12-,13-,14-,15+,16-,18+,19-,20+,21+,22+,23+;/m1./s1. The van der Waals surface area contributed by atoms with E-state index in [0.29, 0.717) is 5.56 Å². The molecule has 7 fully saturated rings. The molecule has 4 heterocycles. The van der Waals surface area contributed by atoms with Gasteiger partial charge in [-0.25, -0.2) is 9.00 Å². The minimum atomic E-state index is -2.92. The molecule has 0 spiro atoms. The summed E-state index contributed by atoms with van der Waals surface area (Å²) in [6.07, 6.45) is -8.65. The Bertz CT molecular complexity index is 1110. The van der Waals surface area contributed by atoms with E-state index in [4.69, 9.17) is 27.9 Å². The summed E-state index contributed by atoms with van der Waals surface area (Å²) >= 11 is -2.92. The van der Waals surface area contributed by atoms with Crippen LogP contribution in [0.5, 0.6) is 0 Å². The molecule has 1 unspecified atom stereocenters. The molecule has 3 aliphatic carbocycles. The van der Waals surface area contributed by atoms with E-state index in [-0.39, 0.29) is 49.0 Å². The van der Waals surface area contributed by atoms with E-state index in [1.807, 2.05) is 0 Å². The van der Waals surface area contributed by atoms with Gasteiger partial charge in [0.15, 0.2) is 18.4 Å². The summed E-state index contributed by atoms with van der Waals surface area (Å²) in [6.45, 7) is 0.736. The van der Waals surface area contributed by atoms with Gasteiger partial charge >= 0.3 is 35.5 Å². The van der Waals surface area contributed by atoms with Gasteiger partial charge in [0.25, 0.3) is 0 Å². The molecular formula is C23H27NaO13S. The van der Waals surface area contributed by atoms with Gasteiger partial charge in [-0.05, 0) is 25.5 Å². The van der Waals surface area contributed by atoms with Crippen LogP contribution in [0.15, 0.2) is 30.3 Å². The molecular weight excluding hydrogens is 539 g/mol. The van der Waals surface area contributed by atoms with Crippen molar-refractivity contribution in [1.82, 2.24) is 0 Å². The maximum Gasteiger partial charge on any atom is 1.00 e. The third-order valence-corrected chi connectivity index (χ3v) is 9.17. The molecule has 12 atom stereocenters. The van der Waals surface area contributed by atoms with Gasteiger partial charge in [0, 0.05) is 12.3 Å². The molecule has 13 nitrogen and oxygen atoms in total. The van der Waals surface area contributed by atoms with Crippen molar-refractivity contribution >= 4 is 17.3 Å². The van der Waals surface area contributed by atoms with Gasteiger partial charge in [-0.15, -0.1) is 0 Å². The molecule has 38 heavy (non-hydrogen) atoms. The Labute approximate surface area is 242 Å². The van der Waals surface area contributed by atoms with Crippen LogP contribution in [0.25, 0.3) is 0 Å². The quantitative estimate of drug-likeness (QED) is 0.134. The number of ether oxygens (including phenoxy) is 5. The Morgan fingerprint density at radius 2 is 1.87 bits per heavy atom. The number of hydrogen-bond acceptors (Lipinski definition) is 13. The number of aliphatic hydroxyl groups is 4. The zero-order valence-electron chi connectivity index (χ0n) is 20.6. The van der Waals surface area contributed by atoms with Gasteiger partial charge in [-0.3, -0.25) is 4.18 Å². The minimum absolute atomic E-state index is 0. The molecule has 3 saturated carbocycles. The number of aliphatic hydroxyl groups excluding tert-OH is 4. The van der Waals surface area contributed by atoms with Crippen LogP contribution in [0.2, 0.25) is 0 Å². The van der Waals surface area contributed by atoms with Gasteiger partial charge in [0.2, 0.25) is 0 Å². The first-order valence-corrected chi connectivity index (χ1v) is 12.9. The number of carbonyl (C=O) groups is 1. The third kappa shape index (κ3) is 3.71. The van der Waals surface area contributed by atoms with Crippen molar-refractivity contribution in [3.8, 4) is 0 Å². The van der Waals surface area contributed by atoms with Crippen LogP contribution >= 0.6 is 0 Å². The fourth-order valence-electron chi connectivity index (χ4n) is 7.06. The van der Waals surface area contributed by atoms with Crippen LogP contribution in [-0.4, -0.2) is 102 Å². The first kappa shape index (κ1) is 29.0. The van der Waals surface area contributed by atoms with Crippen molar-refractivity contribution in [1.29, 1.82) is 0 Å². The van der Waals surface area contributed by atoms with Crippen molar-refractivity contribution in [2.24, 2.45) is 11.3 Å². The molecule has 0 amide bonds. The van der Waals surface area contributed by atoms with Crippen LogP contribution < -0.4 is 29.6 Å². The summed E-state index contributed by atoms with van der Waals surface area (Å²) in [5.41, 5.74) is -3.51. The van der Waals surface area contributed by atoms with E-state index in [0.717, 1.165) is 0 Å². The molecule has 8 rings (SSSR count). The van der Waals surface area contributed by atoms with Crippen molar-refractivity contribution in [3.05, 3.63) is 35.9 Å². The maximum atomic E-state index is 12.8. The summed E-state index contributed by atoms with van der Waals surface area (Å²) in [6, 6.07) is 8.27. The number of carbonyl (C=O) groups excluding carboxylic acids is 1. The van der Waals surface area contributed by atoms with Crippen molar-refractivity contribution < 1.29 is 91.4 Å². The van der Waals surface area contributed by atoms with Crippen molar-refractivity contribution in [3.63, 3.8) is 0 Å². The van der Waals surface area contributed by atoms with Gasteiger partial charge in [0.1, 0.15) is 42.2 Å². The van der Waals surface area contributed by atoms with Crippen molar-refractivity contribution in [2.75, 3.05) is 13.2 Å². The summed E-state index contributed by atoms with van der Waals surface area (Å²) in [7, 11) is 0. The maximum absolute atomic E-state index is 12.8. The van der Waals surface area contributed by atoms with Crippen molar-refractivity contribution in [2.45, 2.75) is 73.8 Å². The Kier molecular flexibility index (Phi) is 7.44. The molecule has 4 aliphatic heterocycles. The van der Waals surface area contributed by atoms with E-state index < -0.39 is 89.3 Å². The number of hydrogen-bond donors (Lipinski definition) is 4. The van der Waals surface area contributed by atoms with Crippen LogP contribution in [0.4, 0.5) is 0 Å². The van der Waals surface area contributed by atoms with Gasteiger partial charge in [-0.2, -0.15) is 0 Å². The fraction of sp³-hybridized carbons (Fsp3) is 0.696. The molecule has 0 radical (unpaired) electrons. The zero-order valence-corrected chi connectivity index (χ0v) is 23.4. The Hall–Kier alpha value is -0.560. The Morgan fingerprint density at radius 1 is 1.16 bits per heavy atom. The number of esters is 1. The van der Waals surface area contributed by atoms with Crippen LogP contribution in [0.1, 0.15) is 30.1 Å². The summed E-state index contributed by atoms with van der Waals surface area (Å²) in [4.78, 5) is 12.8. The Balaban J connectivity index is 0.00000294. The topological polar surface area (TPSA) is 193 Å². The van der Waals surface area contributed by atoms with E-state index in [9.17, 15) is 34.0 Å². The monoisotopic (exact) mass is 566 g/mol. The van der Waals surface area contributed by atoms with Crippen LogP contribution in [0.3, 0.4) is 0 Å². The third-order valence-electron chi connectivity index (χ3n) is 8.75. The van der Waals surface area contributed by atoms with E-state index in [1.54, 1.807) is 37.3 Å². The minimum Gasteiger partial charge on any atom is -0.750 e. The van der Waals surface area contributed by atoms with Gasteiger partial charge in [0.05, 0.1) is 28.9 Å². The normalized spacial score (nSPS) is 48.7. The molecule has 0 aromatic heterocycles. The molecule has 6 bridgehead atoms. The second kappa shape index (κ2) is 9.77. The molecule has 1 aromatic carbocycles. The average molecular weight is 567 g/mol. The molecule has 4 saturated heterocycles. The summed E-state index contributed by atoms with van der Waals surface area (Å²) in [5.74, 6) is -2.83. The smallest absolute Gasteiger partial charge is 0.750 e. The number of benzene rings is 1. The van der Waals surface area contributed by atoms with E-state index in [1.165, 1.54) is 0 Å². The van der Waals surface area contributed by atoms with E-state index >= 15 is 0 Å². The first-order chi connectivity index (χ1) is 17.5. The SMILES string of the molecule is C[C@@]12C[C@@]3(OS(=O)[O-])O[C@@H](O1)[C@]1(COC(=O)c4ccccc4)[C@H]3C[C@@]12O[C@@H]1O[C@H](CO)[C@@H](O)[C@H](O)[C@H]1O.[Na+]. The largest absolute Gasteiger partial charge is 1.00 e. The molecule has 15 heteroatoms. The fourth-order valence-corrected chi connectivity index (χ4v) is 7.51. The average Bonchev–Trinajstić information content (AvgIpc) is 3.05. The second-order valence-corrected chi connectivity index (χ2v) is 11.0. The van der Waals surface area contributed by atoms with Crippen LogP contribution in [-0.2, 0) is 39.2 Å². The van der Waals surface area contributed by atoms with Gasteiger partial charge < -0.3 is 48.7 Å². The first-order valence-electron chi connectivity index (χ1n) is 11.9. The predicted molar refractivity (Wildman–Crippen MR) is 117 cm³/mol. The predicted octanol–water partition coefficient (Wildman–Crippen LogP) is -4.54. The molecule has 204 valence electrons. The summed E-state index contributed by atoms with van der Waals surface area (Å²) in [5, 5.41) is 40.7. The van der Waals surface area contributed by atoms with Crippen LogP contribution in [0, 0.1) is 11.3 Å². The number of rotatable bonds is 8. The Morgan fingerprint density at radius 3 is 2.53 bits per heavy atom. The summed E-state index contributed by atoms with van der Waals surface area (Å²) < 4.78 is 58.3. The zero-order chi connectivity index (χ0) is 26.4. The molecule has 7 aliphatic rings. The second-order valence-electron chi connectivity index (χ2n) is 10.5. The molecule has 1 aromatic rings. The van der Waals surface area contributed by atoms with E-state index in [2.05, 4.69) is 0 Å².